The summed E-state index contributed by atoms with van der Waals surface area (Å²) in [6.45, 7) is 2.37. The van der Waals surface area contributed by atoms with Crippen LogP contribution in [0.5, 0.6) is 0 Å². The van der Waals surface area contributed by atoms with Crippen LogP contribution >= 0.6 is 23.1 Å². The average Bonchev–Trinajstić information content (AvgIpc) is 2.63. The number of halogens is 3. The third-order valence-corrected chi connectivity index (χ3v) is 3.45. The van der Waals surface area contributed by atoms with Crippen molar-refractivity contribution in [1.29, 1.82) is 0 Å². The van der Waals surface area contributed by atoms with Gasteiger partial charge in [-0.3, -0.25) is 0 Å². The fraction of sp³-hybridized carbons (Fsp3) is 0.600. The first-order valence-corrected chi connectivity index (χ1v) is 6.85. The average molecular weight is 269 g/mol. The van der Waals surface area contributed by atoms with E-state index in [1.54, 1.807) is 11.3 Å². The zero-order valence-electron chi connectivity index (χ0n) is 8.88. The molecule has 6 heteroatoms. The maximum atomic E-state index is 11.8. The van der Waals surface area contributed by atoms with Crippen LogP contribution in [-0.2, 0) is 6.42 Å². The van der Waals surface area contributed by atoms with Crippen molar-refractivity contribution < 1.29 is 13.2 Å². The number of thioether (sulfide) groups is 1. The summed E-state index contributed by atoms with van der Waals surface area (Å²) in [6.07, 6.45) is 0.861. The smallest absolute Gasteiger partial charge is 0.313 e. The second-order valence-electron chi connectivity index (χ2n) is 3.49. The Morgan fingerprint density at radius 2 is 2.25 bits per heavy atom. The van der Waals surface area contributed by atoms with Crippen LogP contribution in [0.2, 0.25) is 0 Å². The van der Waals surface area contributed by atoms with Gasteiger partial charge in [-0.25, -0.2) is 0 Å². The van der Waals surface area contributed by atoms with Gasteiger partial charge in [-0.2, -0.15) is 24.5 Å². The fourth-order valence-electron chi connectivity index (χ4n) is 1.31. The van der Waals surface area contributed by atoms with Crippen molar-refractivity contribution in [2.45, 2.75) is 24.9 Å². The molecule has 1 heterocycles. The predicted molar refractivity (Wildman–Crippen MR) is 64.0 cm³/mol. The number of nitrogens with one attached hydrogen (secondary N) is 1. The van der Waals surface area contributed by atoms with Gasteiger partial charge in [0, 0.05) is 18.3 Å². The van der Waals surface area contributed by atoms with E-state index in [0.29, 0.717) is 6.54 Å². The first-order chi connectivity index (χ1) is 7.47. The van der Waals surface area contributed by atoms with Crippen molar-refractivity contribution in [1.82, 2.24) is 5.32 Å². The molecule has 1 aromatic rings. The minimum absolute atomic E-state index is 0.0231. The highest BCUT2D eigenvalue weighted by Crippen LogP contribution is 2.29. The minimum atomic E-state index is -4.11. The number of alkyl halides is 3. The van der Waals surface area contributed by atoms with E-state index in [9.17, 15) is 13.2 Å². The highest BCUT2D eigenvalue weighted by atomic mass is 32.2. The van der Waals surface area contributed by atoms with Crippen molar-refractivity contribution in [2.24, 2.45) is 0 Å². The Bertz CT molecular complexity index is 285. The van der Waals surface area contributed by atoms with Crippen molar-refractivity contribution in [2.75, 3.05) is 12.3 Å². The highest BCUT2D eigenvalue weighted by Gasteiger charge is 2.27. The number of hydrogen-bond acceptors (Lipinski definition) is 3. The topological polar surface area (TPSA) is 12.0 Å². The van der Waals surface area contributed by atoms with Crippen LogP contribution in [0.3, 0.4) is 0 Å². The zero-order valence-corrected chi connectivity index (χ0v) is 10.5. The zero-order chi connectivity index (χ0) is 12.0. The van der Waals surface area contributed by atoms with Crippen molar-refractivity contribution >= 4 is 23.1 Å². The molecule has 0 saturated carbocycles. The van der Waals surface area contributed by atoms with E-state index in [1.165, 1.54) is 5.56 Å². The molecular formula is C10H14F3NS2. The van der Waals surface area contributed by atoms with Crippen LogP contribution in [0.15, 0.2) is 16.8 Å². The Morgan fingerprint density at radius 1 is 1.50 bits per heavy atom. The molecule has 92 valence electrons. The molecule has 0 radical (unpaired) electrons. The fourth-order valence-corrected chi connectivity index (χ4v) is 2.44. The first kappa shape index (κ1) is 13.9. The van der Waals surface area contributed by atoms with Gasteiger partial charge in [0.1, 0.15) is 0 Å². The molecule has 1 rings (SSSR count). The van der Waals surface area contributed by atoms with Crippen molar-refractivity contribution in [3.05, 3.63) is 22.4 Å². The Hall–Kier alpha value is -0.200. The molecule has 0 spiro atoms. The van der Waals surface area contributed by atoms with Crippen molar-refractivity contribution in [3.8, 4) is 0 Å². The maximum absolute atomic E-state index is 11.8. The van der Waals surface area contributed by atoms with Crippen LogP contribution in [0.4, 0.5) is 13.2 Å². The minimum Gasteiger partial charge on any atom is -0.313 e. The van der Waals surface area contributed by atoms with Crippen LogP contribution in [0, 0.1) is 0 Å². The Kier molecular flexibility index (Phi) is 5.64. The summed E-state index contributed by atoms with van der Waals surface area (Å²) in [4.78, 5) is 0. The monoisotopic (exact) mass is 269 g/mol. The number of rotatable bonds is 6. The summed E-state index contributed by atoms with van der Waals surface area (Å²) >= 11 is 1.66. The summed E-state index contributed by atoms with van der Waals surface area (Å²) in [5.74, 6) is 0.0669. The molecule has 1 unspecified atom stereocenters. The normalized spacial score (nSPS) is 14.0. The molecule has 1 atom stereocenters. The molecule has 0 aromatic carbocycles. The lowest BCUT2D eigenvalue weighted by atomic mass is 10.1. The van der Waals surface area contributed by atoms with Gasteiger partial charge in [0.25, 0.3) is 0 Å². The van der Waals surface area contributed by atoms with E-state index in [2.05, 4.69) is 10.7 Å². The summed E-state index contributed by atoms with van der Waals surface area (Å²) < 4.78 is 35.5. The first-order valence-electron chi connectivity index (χ1n) is 4.92. The summed E-state index contributed by atoms with van der Waals surface area (Å²) in [7, 11) is 0. The predicted octanol–water partition coefficient (Wildman–Crippen LogP) is 3.52. The third-order valence-electron chi connectivity index (χ3n) is 1.98. The van der Waals surface area contributed by atoms with Gasteiger partial charge < -0.3 is 5.32 Å². The molecule has 1 nitrogen and oxygen atoms in total. The summed E-state index contributed by atoms with van der Waals surface area (Å²) in [6, 6.07) is 2.25. The molecule has 0 aliphatic carbocycles. The standard InChI is InChI=1S/C10H14F3NS2/c1-8(6-9-2-4-15-7-9)14-3-5-16-10(11,12)13/h2,4,7-8,14H,3,5-6H2,1H3. The molecule has 1 aromatic heterocycles. The maximum Gasteiger partial charge on any atom is 0.441 e. The molecule has 0 fully saturated rings. The largest absolute Gasteiger partial charge is 0.441 e. The quantitative estimate of drug-likeness (QED) is 0.793. The van der Waals surface area contributed by atoms with Crippen LogP contribution in [0.25, 0.3) is 0 Å². The second-order valence-corrected chi connectivity index (χ2v) is 5.42. The van der Waals surface area contributed by atoms with E-state index < -0.39 is 5.51 Å². The lowest BCUT2D eigenvalue weighted by Crippen LogP contribution is -2.30. The van der Waals surface area contributed by atoms with Crippen molar-refractivity contribution in [3.63, 3.8) is 0 Å². The van der Waals surface area contributed by atoms with E-state index >= 15 is 0 Å². The molecular weight excluding hydrogens is 255 g/mol. The Labute approximate surface area is 101 Å². The molecule has 1 N–H and O–H groups in total. The van der Waals surface area contributed by atoms with Gasteiger partial charge in [-0.15, -0.1) is 0 Å². The van der Waals surface area contributed by atoms with E-state index in [4.69, 9.17) is 0 Å². The van der Waals surface area contributed by atoms with E-state index in [1.807, 2.05) is 18.4 Å². The number of hydrogen-bond donors (Lipinski definition) is 1. The SMILES string of the molecule is CC(Cc1ccsc1)NCCSC(F)(F)F. The van der Waals surface area contributed by atoms with Gasteiger partial charge >= 0.3 is 5.51 Å². The van der Waals surface area contributed by atoms with Crippen LogP contribution < -0.4 is 5.32 Å². The third kappa shape index (κ3) is 6.40. The molecule has 0 aliphatic heterocycles. The summed E-state index contributed by atoms with van der Waals surface area (Å²) in [5, 5.41) is 7.14. The van der Waals surface area contributed by atoms with Crippen LogP contribution in [0.1, 0.15) is 12.5 Å². The lowest BCUT2D eigenvalue weighted by molar-refractivity contribution is -0.0327. The van der Waals surface area contributed by atoms with Gasteiger partial charge in [0.2, 0.25) is 0 Å². The molecule has 0 saturated heterocycles. The molecule has 0 amide bonds. The molecule has 0 bridgehead atoms. The van der Waals surface area contributed by atoms with E-state index in [-0.39, 0.29) is 23.6 Å². The van der Waals surface area contributed by atoms with Gasteiger partial charge in [0.05, 0.1) is 0 Å². The Balaban J connectivity index is 2.09. The molecule has 0 aliphatic rings. The Morgan fingerprint density at radius 3 is 2.81 bits per heavy atom. The van der Waals surface area contributed by atoms with Gasteiger partial charge in [-0.05, 0) is 47.5 Å². The highest BCUT2D eigenvalue weighted by molar-refractivity contribution is 8.00. The van der Waals surface area contributed by atoms with E-state index in [0.717, 1.165) is 6.42 Å². The van der Waals surface area contributed by atoms with Gasteiger partial charge in [0.15, 0.2) is 0 Å². The van der Waals surface area contributed by atoms with Crippen LogP contribution in [-0.4, -0.2) is 23.8 Å². The van der Waals surface area contributed by atoms with Gasteiger partial charge in [-0.1, -0.05) is 0 Å². The second kappa shape index (κ2) is 6.51. The lowest BCUT2D eigenvalue weighted by Gasteiger charge is -2.13. The molecule has 16 heavy (non-hydrogen) atoms. The number of thiophene rings is 1. The summed E-state index contributed by atoms with van der Waals surface area (Å²) in [5.41, 5.74) is -2.88.